The van der Waals surface area contributed by atoms with Crippen LogP contribution in [0, 0.1) is 0 Å². The lowest BCUT2D eigenvalue weighted by Crippen LogP contribution is -2.28. The van der Waals surface area contributed by atoms with Crippen molar-refractivity contribution in [1.29, 1.82) is 0 Å². The molecule has 1 saturated heterocycles. The second-order valence-corrected chi connectivity index (χ2v) is 5.50. The van der Waals surface area contributed by atoms with Gasteiger partial charge in [0.05, 0.1) is 4.91 Å². The first-order chi connectivity index (χ1) is 10.2. The fraction of sp³-hybridized carbons (Fsp3) is 0.250. The summed E-state index contributed by atoms with van der Waals surface area (Å²) in [6.45, 7) is 6.45. The maximum Gasteiger partial charge on any atom is 0.293 e. The van der Waals surface area contributed by atoms with Crippen LogP contribution in [0.1, 0.15) is 18.9 Å². The van der Waals surface area contributed by atoms with E-state index < -0.39 is 0 Å². The fourth-order valence-corrected chi connectivity index (χ4v) is 2.75. The van der Waals surface area contributed by atoms with Gasteiger partial charge in [-0.25, -0.2) is 0 Å². The number of hydrogen-bond donors (Lipinski definition) is 0. The molecule has 0 bridgehead atoms. The van der Waals surface area contributed by atoms with Gasteiger partial charge < -0.3 is 4.74 Å². The van der Waals surface area contributed by atoms with Crippen LogP contribution in [0.4, 0.5) is 4.79 Å². The van der Waals surface area contributed by atoms with Gasteiger partial charge in [-0.05, 0) is 42.0 Å². The Kier molecular flexibility index (Phi) is 5.22. The van der Waals surface area contributed by atoms with Crippen molar-refractivity contribution in [3.8, 4) is 5.75 Å². The van der Waals surface area contributed by atoms with E-state index in [1.165, 1.54) is 4.90 Å². The van der Waals surface area contributed by atoms with Crippen LogP contribution in [0.15, 0.2) is 41.8 Å². The van der Waals surface area contributed by atoms with E-state index in [0.29, 0.717) is 18.1 Å². The zero-order valence-electron chi connectivity index (χ0n) is 11.9. The van der Waals surface area contributed by atoms with E-state index in [-0.39, 0.29) is 11.1 Å². The second kappa shape index (κ2) is 7.13. The summed E-state index contributed by atoms with van der Waals surface area (Å²) in [4.78, 5) is 25.6. The molecule has 110 valence electrons. The molecule has 0 aromatic heterocycles. The SMILES string of the molecule is C=CCOc1ccc(/C=C2/SC(=O)N(CCC)C2=O)cc1. The number of benzene rings is 1. The third-order valence-electron chi connectivity index (χ3n) is 2.87. The number of amides is 2. The van der Waals surface area contributed by atoms with Crippen LogP contribution in [-0.2, 0) is 4.79 Å². The van der Waals surface area contributed by atoms with Crippen LogP contribution in [0.5, 0.6) is 5.75 Å². The first-order valence-corrected chi connectivity index (χ1v) is 7.56. The van der Waals surface area contributed by atoms with E-state index in [4.69, 9.17) is 4.74 Å². The Balaban J connectivity index is 2.11. The van der Waals surface area contributed by atoms with Gasteiger partial charge in [0, 0.05) is 6.54 Å². The molecule has 21 heavy (non-hydrogen) atoms. The third-order valence-corrected chi connectivity index (χ3v) is 3.77. The summed E-state index contributed by atoms with van der Waals surface area (Å²) in [5, 5.41) is -0.195. The monoisotopic (exact) mass is 303 g/mol. The largest absolute Gasteiger partial charge is 0.490 e. The summed E-state index contributed by atoms with van der Waals surface area (Å²) in [5.74, 6) is 0.532. The number of carbonyl (C=O) groups excluding carboxylic acids is 2. The van der Waals surface area contributed by atoms with E-state index in [2.05, 4.69) is 6.58 Å². The zero-order chi connectivity index (χ0) is 15.2. The molecule has 1 aliphatic rings. The molecule has 1 heterocycles. The minimum absolute atomic E-state index is 0.195. The van der Waals surface area contributed by atoms with E-state index >= 15 is 0 Å². The van der Waals surface area contributed by atoms with E-state index in [9.17, 15) is 9.59 Å². The van der Waals surface area contributed by atoms with Gasteiger partial charge in [0.25, 0.3) is 11.1 Å². The molecule has 0 spiro atoms. The first-order valence-electron chi connectivity index (χ1n) is 6.75. The summed E-state index contributed by atoms with van der Waals surface area (Å²) in [7, 11) is 0. The molecule has 1 aliphatic heterocycles. The molecule has 2 rings (SSSR count). The number of imide groups is 1. The van der Waals surface area contributed by atoms with Crippen molar-refractivity contribution in [1.82, 2.24) is 4.90 Å². The molecule has 0 radical (unpaired) electrons. The summed E-state index contributed by atoms with van der Waals surface area (Å²) in [5.41, 5.74) is 0.864. The van der Waals surface area contributed by atoms with Gasteiger partial charge in [-0.15, -0.1) is 0 Å². The Morgan fingerprint density at radius 2 is 2.00 bits per heavy atom. The average Bonchev–Trinajstić information content (AvgIpc) is 2.75. The summed E-state index contributed by atoms with van der Waals surface area (Å²) >= 11 is 0.989. The Labute approximate surface area is 128 Å². The summed E-state index contributed by atoms with van der Waals surface area (Å²) in [6, 6.07) is 7.36. The van der Waals surface area contributed by atoms with Crippen LogP contribution < -0.4 is 4.74 Å². The number of ether oxygens (including phenoxy) is 1. The molecule has 1 aromatic rings. The lowest BCUT2D eigenvalue weighted by atomic mass is 10.2. The predicted molar refractivity (Wildman–Crippen MR) is 85.1 cm³/mol. The third kappa shape index (κ3) is 3.76. The molecule has 0 aliphatic carbocycles. The quantitative estimate of drug-likeness (QED) is 0.594. The highest BCUT2D eigenvalue weighted by Crippen LogP contribution is 2.32. The molecule has 0 N–H and O–H groups in total. The number of thioether (sulfide) groups is 1. The lowest BCUT2D eigenvalue weighted by molar-refractivity contribution is -0.122. The van der Waals surface area contributed by atoms with Crippen LogP contribution in [0.3, 0.4) is 0 Å². The fourth-order valence-electron chi connectivity index (χ4n) is 1.88. The summed E-state index contributed by atoms with van der Waals surface area (Å²) in [6.07, 6.45) is 4.18. The van der Waals surface area contributed by atoms with E-state index in [1.54, 1.807) is 12.2 Å². The molecule has 5 heteroatoms. The highest BCUT2D eigenvalue weighted by atomic mass is 32.2. The second-order valence-electron chi connectivity index (χ2n) is 4.50. The number of hydrogen-bond acceptors (Lipinski definition) is 4. The van der Waals surface area contributed by atoms with Gasteiger partial charge in [0.2, 0.25) is 0 Å². The highest BCUT2D eigenvalue weighted by Gasteiger charge is 2.34. The zero-order valence-corrected chi connectivity index (χ0v) is 12.7. The Bertz CT molecular complexity index is 578. The predicted octanol–water partition coefficient (Wildman–Crippen LogP) is 3.70. The number of carbonyl (C=O) groups is 2. The molecular weight excluding hydrogens is 286 g/mol. The van der Waals surface area contributed by atoms with Gasteiger partial charge in [-0.2, -0.15) is 0 Å². The Morgan fingerprint density at radius 3 is 2.62 bits per heavy atom. The standard InChI is InChI=1S/C16H17NO3S/c1-3-9-17-15(18)14(21-16(17)19)11-12-5-7-13(8-6-12)20-10-4-2/h4-8,11H,2-3,9-10H2,1H3/b14-11+. The van der Waals surface area contributed by atoms with Crippen molar-refractivity contribution in [2.75, 3.05) is 13.2 Å². The van der Waals surface area contributed by atoms with Crippen LogP contribution in [0.25, 0.3) is 6.08 Å². The molecule has 1 fully saturated rings. The van der Waals surface area contributed by atoms with Crippen LogP contribution in [-0.4, -0.2) is 29.2 Å². The van der Waals surface area contributed by atoms with Crippen molar-refractivity contribution in [3.63, 3.8) is 0 Å². The van der Waals surface area contributed by atoms with Gasteiger partial charge in [0.1, 0.15) is 12.4 Å². The maximum absolute atomic E-state index is 12.1. The van der Waals surface area contributed by atoms with Gasteiger partial charge in [-0.1, -0.05) is 31.7 Å². The molecular formula is C16H17NO3S. The van der Waals surface area contributed by atoms with Gasteiger partial charge in [-0.3, -0.25) is 14.5 Å². The molecule has 0 saturated carbocycles. The minimum Gasteiger partial charge on any atom is -0.490 e. The Morgan fingerprint density at radius 1 is 1.29 bits per heavy atom. The van der Waals surface area contributed by atoms with Gasteiger partial charge >= 0.3 is 0 Å². The maximum atomic E-state index is 12.1. The van der Waals surface area contributed by atoms with Crippen molar-refractivity contribution >= 4 is 29.0 Å². The van der Waals surface area contributed by atoms with Crippen molar-refractivity contribution < 1.29 is 14.3 Å². The van der Waals surface area contributed by atoms with Crippen molar-refractivity contribution in [3.05, 3.63) is 47.4 Å². The topological polar surface area (TPSA) is 46.6 Å². The smallest absolute Gasteiger partial charge is 0.293 e. The van der Waals surface area contributed by atoms with E-state index in [1.807, 2.05) is 31.2 Å². The van der Waals surface area contributed by atoms with E-state index in [0.717, 1.165) is 29.5 Å². The van der Waals surface area contributed by atoms with Gasteiger partial charge in [0.15, 0.2) is 0 Å². The minimum atomic E-state index is -0.209. The number of rotatable bonds is 6. The van der Waals surface area contributed by atoms with Crippen molar-refractivity contribution in [2.24, 2.45) is 0 Å². The van der Waals surface area contributed by atoms with Crippen LogP contribution in [0.2, 0.25) is 0 Å². The molecule has 2 amide bonds. The Hall–Kier alpha value is -2.01. The highest BCUT2D eigenvalue weighted by molar-refractivity contribution is 8.18. The lowest BCUT2D eigenvalue weighted by Gasteiger charge is -2.09. The average molecular weight is 303 g/mol. The van der Waals surface area contributed by atoms with Crippen LogP contribution >= 0.6 is 11.8 Å². The van der Waals surface area contributed by atoms with Crippen molar-refractivity contribution in [2.45, 2.75) is 13.3 Å². The molecule has 4 nitrogen and oxygen atoms in total. The summed E-state index contributed by atoms with van der Waals surface area (Å²) < 4.78 is 5.39. The molecule has 0 atom stereocenters. The number of nitrogens with zero attached hydrogens (tertiary/aromatic N) is 1. The normalized spacial score (nSPS) is 16.6. The first kappa shape index (κ1) is 15.4. The molecule has 1 aromatic carbocycles. The molecule has 0 unspecified atom stereocenters.